The molecule has 0 radical (unpaired) electrons. The van der Waals surface area contributed by atoms with Crippen LogP contribution < -0.4 is 0 Å². The topological polar surface area (TPSA) is 17.1 Å². The average Bonchev–Trinajstić information content (AvgIpc) is 2.46. The van der Waals surface area contributed by atoms with Gasteiger partial charge in [-0.05, 0) is 44.9 Å². The van der Waals surface area contributed by atoms with E-state index in [2.05, 4.69) is 37.3 Å². The number of aryl methyl sites for hydroxylation is 3. The first kappa shape index (κ1) is 15.8. The SMILES string of the molecule is Cc1cccc(CSC(C)C(=O)c2cc(C)ccc2C)c1. The molecule has 0 aromatic heterocycles. The molecule has 0 spiro atoms. The number of hydrogen-bond donors (Lipinski definition) is 0. The van der Waals surface area contributed by atoms with E-state index in [1.807, 2.05) is 32.9 Å². The van der Waals surface area contributed by atoms with Crippen LogP contribution in [-0.2, 0) is 5.75 Å². The fourth-order valence-electron chi connectivity index (χ4n) is 2.32. The first-order valence-corrected chi connectivity index (χ1v) is 8.31. The predicted molar refractivity (Wildman–Crippen MR) is 92.2 cm³/mol. The van der Waals surface area contributed by atoms with Crippen molar-refractivity contribution >= 4 is 17.5 Å². The van der Waals surface area contributed by atoms with E-state index in [0.717, 1.165) is 22.4 Å². The maximum atomic E-state index is 12.6. The standard InChI is InChI=1S/C19H22OS/c1-13-6-5-7-17(10-13)12-21-16(4)19(20)18-11-14(2)8-9-15(18)3/h5-11,16H,12H2,1-4H3. The molecule has 0 heterocycles. The van der Waals surface area contributed by atoms with Crippen molar-refractivity contribution in [3.63, 3.8) is 0 Å². The van der Waals surface area contributed by atoms with Crippen LogP contribution >= 0.6 is 11.8 Å². The second-order valence-corrected chi connectivity index (χ2v) is 6.95. The van der Waals surface area contributed by atoms with E-state index in [1.165, 1.54) is 11.1 Å². The van der Waals surface area contributed by atoms with Gasteiger partial charge >= 0.3 is 0 Å². The Morgan fingerprint density at radius 2 is 1.76 bits per heavy atom. The fraction of sp³-hybridized carbons (Fsp3) is 0.316. The minimum absolute atomic E-state index is 0.0222. The van der Waals surface area contributed by atoms with Crippen molar-refractivity contribution in [3.8, 4) is 0 Å². The number of thioether (sulfide) groups is 1. The minimum atomic E-state index is -0.0222. The summed E-state index contributed by atoms with van der Waals surface area (Å²) in [6.45, 7) is 8.13. The Balaban J connectivity index is 2.04. The number of hydrogen-bond acceptors (Lipinski definition) is 2. The largest absolute Gasteiger partial charge is 0.293 e. The molecule has 0 saturated heterocycles. The highest BCUT2D eigenvalue weighted by atomic mass is 32.2. The van der Waals surface area contributed by atoms with E-state index in [1.54, 1.807) is 11.8 Å². The van der Waals surface area contributed by atoms with Gasteiger partial charge in [0.15, 0.2) is 5.78 Å². The summed E-state index contributed by atoms with van der Waals surface area (Å²) in [6.07, 6.45) is 0. The summed E-state index contributed by atoms with van der Waals surface area (Å²) in [4.78, 5) is 12.6. The average molecular weight is 298 g/mol. The second kappa shape index (κ2) is 6.95. The molecule has 0 aliphatic rings. The van der Waals surface area contributed by atoms with E-state index < -0.39 is 0 Å². The normalized spacial score (nSPS) is 12.2. The van der Waals surface area contributed by atoms with Crippen LogP contribution in [0.2, 0.25) is 0 Å². The third-order valence-electron chi connectivity index (χ3n) is 3.61. The third kappa shape index (κ3) is 4.21. The zero-order valence-corrected chi connectivity index (χ0v) is 14.0. The molecule has 2 aromatic rings. The lowest BCUT2D eigenvalue weighted by molar-refractivity contribution is 0.0993. The number of carbonyl (C=O) groups is 1. The van der Waals surface area contributed by atoms with Crippen LogP contribution in [0.25, 0.3) is 0 Å². The van der Waals surface area contributed by atoms with E-state index in [0.29, 0.717) is 0 Å². The summed E-state index contributed by atoms with van der Waals surface area (Å²) in [6, 6.07) is 14.6. The summed E-state index contributed by atoms with van der Waals surface area (Å²) in [5.74, 6) is 1.10. The van der Waals surface area contributed by atoms with E-state index in [-0.39, 0.29) is 11.0 Å². The van der Waals surface area contributed by atoms with E-state index in [4.69, 9.17) is 0 Å². The van der Waals surface area contributed by atoms with Crippen LogP contribution in [0.15, 0.2) is 42.5 Å². The van der Waals surface area contributed by atoms with Gasteiger partial charge in [0.2, 0.25) is 0 Å². The zero-order chi connectivity index (χ0) is 15.4. The maximum absolute atomic E-state index is 12.6. The number of ketones is 1. The minimum Gasteiger partial charge on any atom is -0.293 e. The predicted octanol–water partition coefficient (Wildman–Crippen LogP) is 5.12. The Hall–Kier alpha value is -1.54. The van der Waals surface area contributed by atoms with Crippen LogP contribution in [0, 0.1) is 20.8 Å². The molecule has 1 unspecified atom stereocenters. The summed E-state index contributed by atoms with van der Waals surface area (Å²) in [5, 5.41) is -0.0222. The molecule has 2 rings (SSSR count). The molecule has 21 heavy (non-hydrogen) atoms. The molecule has 2 aromatic carbocycles. The summed E-state index contributed by atoms with van der Waals surface area (Å²) in [5.41, 5.74) is 5.61. The molecule has 0 fully saturated rings. The van der Waals surface area contributed by atoms with Gasteiger partial charge in [-0.1, -0.05) is 47.5 Å². The molecular formula is C19H22OS. The lowest BCUT2D eigenvalue weighted by Crippen LogP contribution is -2.15. The van der Waals surface area contributed by atoms with Crippen LogP contribution in [0.5, 0.6) is 0 Å². The molecule has 0 aliphatic carbocycles. The van der Waals surface area contributed by atoms with Gasteiger partial charge in [-0.25, -0.2) is 0 Å². The van der Waals surface area contributed by atoms with Crippen molar-refractivity contribution in [2.75, 3.05) is 0 Å². The van der Waals surface area contributed by atoms with Crippen molar-refractivity contribution in [1.29, 1.82) is 0 Å². The number of Topliss-reactive ketones (excluding diaryl/α,β-unsaturated/α-hetero) is 1. The van der Waals surface area contributed by atoms with Gasteiger partial charge in [-0.3, -0.25) is 4.79 Å². The van der Waals surface area contributed by atoms with E-state index >= 15 is 0 Å². The maximum Gasteiger partial charge on any atom is 0.175 e. The van der Waals surface area contributed by atoms with Crippen molar-refractivity contribution in [1.82, 2.24) is 0 Å². The molecule has 2 heteroatoms. The van der Waals surface area contributed by atoms with Crippen LogP contribution in [0.3, 0.4) is 0 Å². The highest BCUT2D eigenvalue weighted by Crippen LogP contribution is 2.23. The molecule has 0 bridgehead atoms. The van der Waals surface area contributed by atoms with Gasteiger partial charge in [0, 0.05) is 11.3 Å². The highest BCUT2D eigenvalue weighted by molar-refractivity contribution is 7.99. The highest BCUT2D eigenvalue weighted by Gasteiger charge is 2.17. The van der Waals surface area contributed by atoms with Gasteiger partial charge in [-0.15, -0.1) is 11.8 Å². The third-order valence-corrected chi connectivity index (χ3v) is 4.82. The molecule has 0 amide bonds. The smallest absolute Gasteiger partial charge is 0.175 e. The van der Waals surface area contributed by atoms with Crippen LogP contribution in [-0.4, -0.2) is 11.0 Å². The number of carbonyl (C=O) groups excluding carboxylic acids is 1. The Labute approximate surface area is 131 Å². The van der Waals surface area contributed by atoms with Crippen molar-refractivity contribution in [2.24, 2.45) is 0 Å². The Morgan fingerprint density at radius 3 is 2.48 bits per heavy atom. The van der Waals surface area contributed by atoms with Crippen LogP contribution in [0.4, 0.5) is 0 Å². The number of benzene rings is 2. The van der Waals surface area contributed by atoms with Crippen LogP contribution in [0.1, 0.15) is 39.5 Å². The first-order valence-electron chi connectivity index (χ1n) is 7.26. The lowest BCUT2D eigenvalue weighted by Gasteiger charge is -2.13. The summed E-state index contributed by atoms with van der Waals surface area (Å²) in [7, 11) is 0. The Morgan fingerprint density at radius 1 is 1.05 bits per heavy atom. The first-order chi connectivity index (χ1) is 9.97. The zero-order valence-electron chi connectivity index (χ0n) is 13.1. The van der Waals surface area contributed by atoms with Crippen molar-refractivity contribution in [2.45, 2.75) is 38.7 Å². The van der Waals surface area contributed by atoms with Gasteiger partial charge in [-0.2, -0.15) is 0 Å². The molecule has 110 valence electrons. The fourth-order valence-corrected chi connectivity index (χ4v) is 3.22. The van der Waals surface area contributed by atoms with Gasteiger partial charge in [0.1, 0.15) is 0 Å². The Bertz CT molecular complexity index is 646. The molecule has 0 saturated carbocycles. The van der Waals surface area contributed by atoms with E-state index in [9.17, 15) is 4.79 Å². The van der Waals surface area contributed by atoms with Gasteiger partial charge < -0.3 is 0 Å². The Kier molecular flexibility index (Phi) is 5.24. The van der Waals surface area contributed by atoms with Gasteiger partial charge in [0.25, 0.3) is 0 Å². The van der Waals surface area contributed by atoms with Crippen molar-refractivity contribution in [3.05, 3.63) is 70.3 Å². The molecule has 0 N–H and O–H groups in total. The summed E-state index contributed by atoms with van der Waals surface area (Å²) < 4.78 is 0. The number of rotatable bonds is 5. The molecule has 1 nitrogen and oxygen atoms in total. The van der Waals surface area contributed by atoms with Gasteiger partial charge in [0.05, 0.1) is 5.25 Å². The van der Waals surface area contributed by atoms with Crippen molar-refractivity contribution < 1.29 is 4.79 Å². The monoisotopic (exact) mass is 298 g/mol. The summed E-state index contributed by atoms with van der Waals surface area (Å²) >= 11 is 1.71. The lowest BCUT2D eigenvalue weighted by atomic mass is 10.0. The molecule has 1 atom stereocenters. The quantitative estimate of drug-likeness (QED) is 0.713. The molecular weight excluding hydrogens is 276 g/mol. The second-order valence-electron chi connectivity index (χ2n) is 5.62. The molecule has 0 aliphatic heterocycles.